The number of nitrogens with zero attached hydrogens (tertiary/aromatic N) is 2. The van der Waals surface area contributed by atoms with Gasteiger partial charge < -0.3 is 19.7 Å². The molecule has 5 nitrogen and oxygen atoms in total. The van der Waals surface area contributed by atoms with Gasteiger partial charge in [-0.25, -0.2) is 0 Å². The van der Waals surface area contributed by atoms with Crippen LogP contribution in [0.25, 0.3) is 0 Å². The number of ether oxygens (including phenoxy) is 2. The Balaban J connectivity index is 1.06. The number of rotatable bonds is 2. The van der Waals surface area contributed by atoms with Gasteiger partial charge in [-0.15, -0.1) is 0 Å². The lowest BCUT2D eigenvalue weighted by atomic mass is 9.54. The molecule has 6 aliphatic rings. The maximum absolute atomic E-state index is 5.70. The number of benzene rings is 1. The minimum atomic E-state index is 0.301. The Morgan fingerprint density at radius 3 is 2.29 bits per heavy atom. The van der Waals surface area contributed by atoms with Crippen LogP contribution in [-0.2, 0) is 0 Å². The van der Waals surface area contributed by atoms with Crippen LogP contribution in [0.5, 0.6) is 11.5 Å². The van der Waals surface area contributed by atoms with Crippen molar-refractivity contribution in [1.82, 2.24) is 9.80 Å². The molecule has 4 aliphatic carbocycles. The summed E-state index contributed by atoms with van der Waals surface area (Å²) in [6.45, 7) is 4.65. The molecule has 0 atom stereocenters. The van der Waals surface area contributed by atoms with Crippen LogP contribution in [0.1, 0.15) is 32.1 Å². The Bertz CT molecular complexity index is 749. The highest BCUT2D eigenvalue weighted by Gasteiger charge is 2.50. The number of fused-ring (bicyclic) bond motifs is 1. The third-order valence-corrected chi connectivity index (χ3v) is 8.18. The van der Waals surface area contributed by atoms with Crippen LogP contribution in [0.3, 0.4) is 0 Å². The lowest BCUT2D eigenvalue weighted by Crippen LogP contribution is -2.60. The Morgan fingerprint density at radius 1 is 0.893 bits per heavy atom. The summed E-state index contributed by atoms with van der Waals surface area (Å²) in [5, 5.41) is 4.21. The van der Waals surface area contributed by atoms with E-state index < -0.39 is 0 Å². The normalized spacial score (nSPS) is 36.0. The molecule has 28 heavy (non-hydrogen) atoms. The van der Waals surface area contributed by atoms with Gasteiger partial charge in [0.25, 0.3) is 0 Å². The van der Waals surface area contributed by atoms with Crippen molar-refractivity contribution in [1.29, 1.82) is 0 Å². The summed E-state index contributed by atoms with van der Waals surface area (Å²) >= 11 is 5.70. The summed E-state index contributed by atoms with van der Waals surface area (Å²) in [5.41, 5.74) is 0.970. The van der Waals surface area contributed by atoms with Gasteiger partial charge in [0, 0.05) is 44.0 Å². The van der Waals surface area contributed by atoms with Gasteiger partial charge >= 0.3 is 0 Å². The van der Waals surface area contributed by atoms with Crippen LogP contribution in [0, 0.1) is 23.7 Å². The topological polar surface area (TPSA) is 37.0 Å². The van der Waals surface area contributed by atoms with Gasteiger partial charge in [-0.1, -0.05) is 0 Å². The highest BCUT2D eigenvalue weighted by molar-refractivity contribution is 7.80. The summed E-state index contributed by atoms with van der Waals surface area (Å²) in [6.07, 6.45) is 7.54. The first-order valence-corrected chi connectivity index (χ1v) is 11.3. The van der Waals surface area contributed by atoms with E-state index in [9.17, 15) is 0 Å². The molecule has 0 amide bonds. The van der Waals surface area contributed by atoms with Crippen LogP contribution in [0.15, 0.2) is 18.2 Å². The molecule has 2 aliphatic heterocycles. The molecule has 4 saturated carbocycles. The molecule has 1 N–H and O–H groups in total. The first kappa shape index (κ1) is 17.3. The Labute approximate surface area is 172 Å². The fourth-order valence-corrected chi connectivity index (χ4v) is 7.19. The molecular weight excluding hydrogens is 370 g/mol. The third-order valence-electron chi connectivity index (χ3n) is 7.82. The first-order valence-electron chi connectivity index (χ1n) is 10.9. The van der Waals surface area contributed by atoms with E-state index in [1.54, 1.807) is 0 Å². The molecule has 5 fully saturated rings. The van der Waals surface area contributed by atoms with Crippen LogP contribution < -0.4 is 14.8 Å². The van der Waals surface area contributed by atoms with E-state index in [2.05, 4.69) is 15.1 Å². The maximum atomic E-state index is 5.70. The molecule has 0 radical (unpaired) electrons. The van der Waals surface area contributed by atoms with Crippen molar-refractivity contribution in [2.24, 2.45) is 23.7 Å². The summed E-state index contributed by atoms with van der Waals surface area (Å²) in [7, 11) is 0. The molecule has 150 valence electrons. The standard InChI is InChI=1S/C22H29N3O2S/c28-22(23-18-1-2-19-20(12-18)27-13-26-19)25-5-3-24(4-6-25)21-16-8-14-7-15(10-16)11-17(21)9-14/h1-2,12,14-17,21H,3-11,13H2,(H,23,28). The van der Waals surface area contributed by atoms with E-state index >= 15 is 0 Å². The molecular formula is C22H29N3O2S. The monoisotopic (exact) mass is 399 g/mol. The summed E-state index contributed by atoms with van der Waals surface area (Å²) < 4.78 is 10.9. The molecule has 0 aromatic heterocycles. The van der Waals surface area contributed by atoms with Crippen LogP contribution in [0.4, 0.5) is 5.69 Å². The van der Waals surface area contributed by atoms with Crippen molar-refractivity contribution in [2.45, 2.75) is 38.1 Å². The molecule has 1 aromatic rings. The third kappa shape index (κ3) is 2.96. The highest BCUT2D eigenvalue weighted by atomic mass is 32.1. The highest BCUT2D eigenvalue weighted by Crippen LogP contribution is 2.55. The van der Waals surface area contributed by atoms with E-state index in [1.807, 2.05) is 18.2 Å². The van der Waals surface area contributed by atoms with Gasteiger partial charge in [0.2, 0.25) is 6.79 Å². The molecule has 6 heteroatoms. The number of thiocarbonyl (C=S) groups is 1. The molecule has 1 aromatic carbocycles. The number of piperazine rings is 1. The summed E-state index contributed by atoms with van der Waals surface area (Å²) in [5.74, 6) is 5.65. The smallest absolute Gasteiger partial charge is 0.231 e. The Kier molecular flexibility index (Phi) is 4.19. The van der Waals surface area contributed by atoms with Gasteiger partial charge in [-0.2, -0.15) is 0 Å². The average molecular weight is 400 g/mol. The number of hydrogen-bond donors (Lipinski definition) is 1. The van der Waals surface area contributed by atoms with Crippen molar-refractivity contribution in [3.05, 3.63) is 18.2 Å². The van der Waals surface area contributed by atoms with E-state index in [-0.39, 0.29) is 0 Å². The first-order chi connectivity index (χ1) is 13.7. The second-order valence-electron chi connectivity index (χ2n) is 9.44. The molecule has 4 bridgehead atoms. The zero-order valence-corrected chi connectivity index (χ0v) is 17.1. The largest absolute Gasteiger partial charge is 0.454 e. The maximum Gasteiger partial charge on any atom is 0.231 e. The molecule has 7 rings (SSSR count). The molecule has 1 saturated heterocycles. The zero-order valence-electron chi connectivity index (χ0n) is 16.3. The molecule has 0 unspecified atom stereocenters. The summed E-state index contributed by atoms with van der Waals surface area (Å²) in [4.78, 5) is 5.14. The Morgan fingerprint density at radius 2 is 1.57 bits per heavy atom. The lowest BCUT2D eigenvalue weighted by Gasteiger charge is -2.58. The van der Waals surface area contributed by atoms with Gasteiger partial charge in [-0.05, 0) is 80.1 Å². The van der Waals surface area contributed by atoms with E-state index in [1.165, 1.54) is 32.1 Å². The van der Waals surface area contributed by atoms with Gasteiger partial charge in [0.05, 0.1) is 0 Å². The number of hydrogen-bond acceptors (Lipinski definition) is 4. The van der Waals surface area contributed by atoms with Gasteiger partial charge in [0.15, 0.2) is 16.6 Å². The number of nitrogens with one attached hydrogen (secondary N) is 1. The second-order valence-corrected chi connectivity index (χ2v) is 9.83. The van der Waals surface area contributed by atoms with E-state index in [0.29, 0.717) is 6.79 Å². The average Bonchev–Trinajstić information content (AvgIpc) is 3.15. The predicted molar refractivity (Wildman–Crippen MR) is 113 cm³/mol. The van der Waals surface area contributed by atoms with Crippen molar-refractivity contribution < 1.29 is 9.47 Å². The minimum absolute atomic E-state index is 0.301. The number of anilines is 1. The zero-order chi connectivity index (χ0) is 18.7. The quantitative estimate of drug-likeness (QED) is 0.767. The molecule has 0 spiro atoms. The Hall–Kier alpha value is -1.53. The van der Waals surface area contributed by atoms with Crippen LogP contribution in [0.2, 0.25) is 0 Å². The van der Waals surface area contributed by atoms with Crippen molar-refractivity contribution in [2.75, 3.05) is 38.3 Å². The van der Waals surface area contributed by atoms with E-state index in [4.69, 9.17) is 21.7 Å². The molecule has 2 heterocycles. The predicted octanol–water partition coefficient (Wildman–Crippen LogP) is 3.55. The van der Waals surface area contributed by atoms with Crippen LogP contribution in [-0.4, -0.2) is 53.9 Å². The van der Waals surface area contributed by atoms with Crippen LogP contribution >= 0.6 is 12.2 Å². The fourth-order valence-electron chi connectivity index (χ4n) is 6.89. The van der Waals surface area contributed by atoms with Crippen molar-refractivity contribution in [3.8, 4) is 11.5 Å². The summed E-state index contributed by atoms with van der Waals surface area (Å²) in [6, 6.07) is 6.77. The van der Waals surface area contributed by atoms with Gasteiger partial charge in [-0.3, -0.25) is 4.90 Å². The van der Waals surface area contributed by atoms with E-state index in [0.717, 1.165) is 78.2 Å². The van der Waals surface area contributed by atoms with Gasteiger partial charge in [0.1, 0.15) is 0 Å². The minimum Gasteiger partial charge on any atom is -0.454 e. The van der Waals surface area contributed by atoms with Crippen molar-refractivity contribution >= 4 is 23.0 Å². The second kappa shape index (κ2) is 6.77. The van der Waals surface area contributed by atoms with Crippen molar-refractivity contribution in [3.63, 3.8) is 0 Å². The SMILES string of the molecule is S=C(Nc1ccc2c(c1)OCO2)N1CCN(C2C3CC4CC(C3)CC2C4)CC1. The fraction of sp³-hybridized carbons (Fsp3) is 0.682. The lowest BCUT2D eigenvalue weighted by molar-refractivity contribution is -0.0726.